The SMILES string of the molecule is CC(C)N(C(=O)c1cc(F)ccc1Oc1cncnc1N1CC2(CCN(C[C-]3CCC(=[NH+]S(C)(=O)=O)CC3)CC2)C1)C(C)C. The zero-order valence-electron chi connectivity index (χ0n) is 26.5. The summed E-state index contributed by atoms with van der Waals surface area (Å²) >= 11 is 0. The van der Waals surface area contributed by atoms with Crippen LogP contribution in [0.25, 0.3) is 0 Å². The van der Waals surface area contributed by atoms with Crippen LogP contribution in [0.2, 0.25) is 0 Å². The minimum atomic E-state index is -3.19. The molecule has 44 heavy (non-hydrogen) atoms. The molecule has 0 unspecified atom stereocenters. The fourth-order valence-corrected chi connectivity index (χ4v) is 7.59. The molecule has 12 heteroatoms. The number of ether oxygens (including phenoxy) is 1. The van der Waals surface area contributed by atoms with Gasteiger partial charge in [0, 0.05) is 43.4 Å². The van der Waals surface area contributed by atoms with Crippen molar-refractivity contribution in [3.05, 3.63) is 48.0 Å². The van der Waals surface area contributed by atoms with Crippen LogP contribution in [0.5, 0.6) is 11.5 Å². The van der Waals surface area contributed by atoms with E-state index in [1.807, 2.05) is 27.7 Å². The number of carbonyl (C=O) groups excluding carboxylic acids is 1. The van der Waals surface area contributed by atoms with Crippen molar-refractivity contribution in [2.24, 2.45) is 5.41 Å². The summed E-state index contributed by atoms with van der Waals surface area (Å²) in [4.78, 5) is 28.7. The molecule has 1 amide bonds. The molecule has 2 aliphatic heterocycles. The van der Waals surface area contributed by atoms with E-state index in [-0.39, 0.29) is 34.7 Å². The molecule has 3 heterocycles. The molecule has 240 valence electrons. The Labute approximate surface area is 260 Å². The number of piperidine rings is 1. The fourth-order valence-electron chi connectivity index (χ4n) is 6.86. The van der Waals surface area contributed by atoms with E-state index in [0.717, 1.165) is 77.0 Å². The molecule has 5 rings (SSSR count). The molecule has 10 nitrogen and oxygen atoms in total. The number of sulfonamides is 1. The fraction of sp³-hybridized carbons (Fsp3) is 0.594. The molecule has 1 aliphatic carbocycles. The number of nitrogens with zero attached hydrogens (tertiary/aromatic N) is 5. The summed E-state index contributed by atoms with van der Waals surface area (Å²) in [5.74, 6) is 2.11. The van der Waals surface area contributed by atoms with Crippen molar-refractivity contribution in [2.75, 3.05) is 43.9 Å². The van der Waals surface area contributed by atoms with Crippen molar-refractivity contribution in [2.45, 2.75) is 78.3 Å². The van der Waals surface area contributed by atoms with Gasteiger partial charge in [0.25, 0.3) is 5.91 Å². The van der Waals surface area contributed by atoms with Crippen LogP contribution < -0.4 is 14.0 Å². The molecule has 2 aromatic rings. The van der Waals surface area contributed by atoms with Gasteiger partial charge in [0.05, 0.1) is 18.0 Å². The Balaban J connectivity index is 1.19. The Morgan fingerprint density at radius 1 is 1.11 bits per heavy atom. The summed E-state index contributed by atoms with van der Waals surface area (Å²) in [6.07, 6.45) is 9.98. The first-order valence-corrected chi connectivity index (χ1v) is 17.4. The first-order valence-electron chi connectivity index (χ1n) is 15.6. The molecule has 1 spiro atoms. The number of amides is 1. The lowest BCUT2D eigenvalue weighted by molar-refractivity contribution is -0.270. The zero-order chi connectivity index (χ0) is 31.6. The number of rotatable bonds is 9. The topological polar surface area (TPSA) is 110 Å². The van der Waals surface area contributed by atoms with E-state index in [9.17, 15) is 17.6 Å². The minimum Gasteiger partial charge on any atom is -0.451 e. The lowest BCUT2D eigenvalue weighted by atomic mass is 9.71. The van der Waals surface area contributed by atoms with Gasteiger partial charge in [-0.1, -0.05) is 0 Å². The minimum absolute atomic E-state index is 0.0604. The van der Waals surface area contributed by atoms with Gasteiger partial charge in [0.1, 0.15) is 17.9 Å². The van der Waals surface area contributed by atoms with E-state index in [0.29, 0.717) is 11.6 Å². The van der Waals surface area contributed by atoms with E-state index >= 15 is 0 Å². The van der Waals surface area contributed by atoms with Crippen LogP contribution in [0.1, 0.15) is 76.6 Å². The van der Waals surface area contributed by atoms with Crippen LogP contribution in [0.3, 0.4) is 0 Å². The Kier molecular flexibility index (Phi) is 9.60. The van der Waals surface area contributed by atoms with Crippen LogP contribution >= 0.6 is 0 Å². The highest BCUT2D eigenvalue weighted by Crippen LogP contribution is 2.45. The van der Waals surface area contributed by atoms with Crippen LogP contribution in [-0.4, -0.2) is 90.9 Å². The van der Waals surface area contributed by atoms with Gasteiger partial charge in [-0.2, -0.15) is 21.3 Å². The van der Waals surface area contributed by atoms with E-state index < -0.39 is 15.8 Å². The van der Waals surface area contributed by atoms with Gasteiger partial charge >= 0.3 is 10.0 Å². The van der Waals surface area contributed by atoms with Crippen molar-refractivity contribution >= 4 is 27.5 Å². The van der Waals surface area contributed by atoms with Crippen molar-refractivity contribution in [1.82, 2.24) is 19.8 Å². The third-order valence-electron chi connectivity index (χ3n) is 9.00. The summed E-state index contributed by atoms with van der Waals surface area (Å²) in [5.41, 5.74) is 1.32. The molecule has 2 saturated heterocycles. The summed E-state index contributed by atoms with van der Waals surface area (Å²) in [7, 11) is -3.19. The highest BCUT2D eigenvalue weighted by Gasteiger charge is 2.46. The van der Waals surface area contributed by atoms with Gasteiger partial charge in [-0.15, -0.1) is 10.9 Å². The van der Waals surface area contributed by atoms with Crippen LogP contribution in [0, 0.1) is 17.2 Å². The van der Waals surface area contributed by atoms with E-state index in [4.69, 9.17) is 4.74 Å². The van der Waals surface area contributed by atoms with E-state index in [1.165, 1.54) is 36.7 Å². The average molecular weight is 629 g/mol. The summed E-state index contributed by atoms with van der Waals surface area (Å²) in [6, 6.07) is 3.91. The number of benzene rings is 1. The largest absolute Gasteiger partial charge is 0.451 e. The number of nitrogens with one attached hydrogen (secondary N) is 1. The number of likely N-dealkylation sites (tertiary alicyclic amines) is 1. The number of halogens is 1. The molecule has 1 aromatic carbocycles. The summed E-state index contributed by atoms with van der Waals surface area (Å²) in [6.45, 7) is 12.5. The van der Waals surface area contributed by atoms with Gasteiger partial charge in [-0.25, -0.2) is 14.4 Å². The first-order chi connectivity index (χ1) is 20.8. The van der Waals surface area contributed by atoms with Gasteiger partial charge < -0.3 is 19.4 Å². The number of hydrogen-bond donors (Lipinski definition) is 1. The predicted molar refractivity (Wildman–Crippen MR) is 168 cm³/mol. The maximum Gasteiger partial charge on any atom is 0.359 e. The second-order valence-corrected chi connectivity index (χ2v) is 15.0. The van der Waals surface area contributed by atoms with E-state index in [1.54, 1.807) is 11.1 Å². The van der Waals surface area contributed by atoms with Crippen molar-refractivity contribution in [3.63, 3.8) is 0 Å². The zero-order valence-corrected chi connectivity index (χ0v) is 27.3. The third-order valence-corrected chi connectivity index (χ3v) is 9.66. The molecule has 0 atom stereocenters. The molecular weight excluding hydrogens is 583 g/mol. The molecule has 1 aromatic heterocycles. The van der Waals surface area contributed by atoms with Crippen molar-refractivity contribution in [3.8, 4) is 11.5 Å². The predicted octanol–water partition coefficient (Wildman–Crippen LogP) is 3.20. The Morgan fingerprint density at radius 3 is 2.39 bits per heavy atom. The van der Waals surface area contributed by atoms with Crippen LogP contribution in [-0.2, 0) is 10.0 Å². The standard InChI is InChI=1S/C32H44FN6O4S/c1-22(2)39(23(3)4)31(40)27-16-25(33)8-11-28(27)43-29-17-34-21-35-30(29)38-19-32(20-38)12-14-37(15-13-32)18-24-6-9-26(10-7-24)36-44(5,41)42/h8,11,16-17,21-23H,6-7,9-10,12-15,18-20H2,1-5H3/q-1/p+1. The number of carbonyl (C=O) groups is 1. The molecule has 3 fully saturated rings. The molecule has 1 saturated carbocycles. The smallest absolute Gasteiger partial charge is 0.359 e. The molecule has 1 N–H and O–H groups in total. The van der Waals surface area contributed by atoms with Gasteiger partial charge in [-0.3, -0.25) is 10.7 Å². The third kappa shape index (κ3) is 7.56. The quantitative estimate of drug-likeness (QED) is 0.422. The highest BCUT2D eigenvalue weighted by molar-refractivity contribution is 7.83. The number of anilines is 1. The molecule has 3 aliphatic rings. The highest BCUT2D eigenvalue weighted by atomic mass is 32.2. The summed E-state index contributed by atoms with van der Waals surface area (Å²) in [5, 5.41) is 0. The van der Waals surface area contributed by atoms with Crippen LogP contribution in [0.4, 0.5) is 10.2 Å². The second kappa shape index (κ2) is 13.1. The van der Waals surface area contributed by atoms with Crippen molar-refractivity contribution < 1.29 is 26.7 Å². The number of hydrogen-bond acceptors (Lipinski definition) is 8. The van der Waals surface area contributed by atoms with E-state index in [2.05, 4.69) is 24.2 Å². The second-order valence-electron chi connectivity index (χ2n) is 13.2. The van der Waals surface area contributed by atoms with Gasteiger partial charge in [0.15, 0.2) is 17.3 Å². The maximum absolute atomic E-state index is 14.3. The molecule has 0 bridgehead atoms. The lowest BCUT2D eigenvalue weighted by Crippen LogP contribution is -2.76. The van der Waals surface area contributed by atoms with Crippen molar-refractivity contribution in [1.29, 1.82) is 0 Å². The van der Waals surface area contributed by atoms with Gasteiger partial charge in [-0.05, 0) is 71.8 Å². The Bertz CT molecular complexity index is 1460. The number of aromatic nitrogens is 2. The Morgan fingerprint density at radius 2 is 1.77 bits per heavy atom. The van der Waals surface area contributed by atoms with Crippen LogP contribution in [0.15, 0.2) is 30.7 Å². The monoisotopic (exact) mass is 628 g/mol. The summed E-state index contributed by atoms with van der Waals surface area (Å²) < 4.78 is 46.3. The molecular formula is C32H45FN6O4S. The first kappa shape index (κ1) is 32.3. The van der Waals surface area contributed by atoms with Gasteiger partial charge in [0.2, 0.25) is 0 Å². The average Bonchev–Trinajstić information content (AvgIpc) is 2.93. The normalized spacial score (nSPS) is 19.4. The molecule has 0 radical (unpaired) electrons. The maximum atomic E-state index is 14.3. The lowest BCUT2D eigenvalue weighted by Gasteiger charge is -2.55. The Hall–Kier alpha value is -3.12.